The van der Waals surface area contributed by atoms with E-state index in [-0.39, 0.29) is 5.69 Å². The summed E-state index contributed by atoms with van der Waals surface area (Å²) in [7, 11) is 0. The predicted octanol–water partition coefficient (Wildman–Crippen LogP) is 4.07. The zero-order valence-corrected chi connectivity index (χ0v) is 12.3. The van der Waals surface area contributed by atoms with E-state index in [1.165, 1.54) is 18.2 Å². The van der Waals surface area contributed by atoms with Crippen molar-refractivity contribution >= 4 is 29.1 Å². The Labute approximate surface area is 130 Å². The van der Waals surface area contributed by atoms with Gasteiger partial charge in [-0.25, -0.2) is 4.79 Å². The molecular formula is C15H11ClN2O4. The maximum Gasteiger partial charge on any atom is 0.412 e. The summed E-state index contributed by atoms with van der Waals surface area (Å²) in [6.07, 6.45) is -0.612. The van der Waals surface area contributed by atoms with Gasteiger partial charge in [0.15, 0.2) is 5.60 Å². The average molecular weight is 319 g/mol. The number of hydrogen-bond acceptors (Lipinski definition) is 4. The number of cyclic esters (lactones) is 1. The Hall–Kier alpha value is -2.60. The number of benzene rings is 2. The molecule has 1 amide bonds. The molecule has 0 radical (unpaired) electrons. The van der Waals surface area contributed by atoms with Gasteiger partial charge in [-0.05, 0) is 25.1 Å². The van der Waals surface area contributed by atoms with Crippen LogP contribution >= 0.6 is 11.6 Å². The first-order valence-electron chi connectivity index (χ1n) is 6.45. The van der Waals surface area contributed by atoms with Crippen molar-refractivity contribution in [3.8, 4) is 0 Å². The summed E-state index contributed by atoms with van der Waals surface area (Å²) in [6.45, 7) is 1.69. The summed E-state index contributed by atoms with van der Waals surface area (Å²) >= 11 is 5.88. The SMILES string of the molecule is CC1(c2ccc(Cl)cc2)OC(=O)Nc2ccc([N+](=O)[O-])cc21. The zero-order valence-electron chi connectivity index (χ0n) is 11.5. The molecule has 1 aliphatic rings. The van der Waals surface area contributed by atoms with Crippen LogP contribution in [-0.2, 0) is 10.3 Å². The number of halogens is 1. The third-order valence-electron chi connectivity index (χ3n) is 3.66. The highest BCUT2D eigenvalue weighted by atomic mass is 35.5. The lowest BCUT2D eigenvalue weighted by molar-refractivity contribution is -0.385. The van der Waals surface area contributed by atoms with Crippen LogP contribution in [0.4, 0.5) is 16.2 Å². The van der Waals surface area contributed by atoms with Crippen molar-refractivity contribution in [2.45, 2.75) is 12.5 Å². The van der Waals surface area contributed by atoms with Gasteiger partial charge in [-0.1, -0.05) is 23.7 Å². The second-order valence-electron chi connectivity index (χ2n) is 5.04. The molecule has 1 aliphatic heterocycles. The summed E-state index contributed by atoms with van der Waals surface area (Å²) in [4.78, 5) is 22.3. The van der Waals surface area contributed by atoms with Crippen LogP contribution in [0, 0.1) is 10.1 Å². The number of anilines is 1. The number of carbonyl (C=O) groups excluding carboxylic acids is 1. The van der Waals surface area contributed by atoms with Crippen molar-refractivity contribution in [1.82, 2.24) is 0 Å². The van der Waals surface area contributed by atoms with Gasteiger partial charge in [0.1, 0.15) is 0 Å². The van der Waals surface area contributed by atoms with Crippen LogP contribution in [0.15, 0.2) is 42.5 Å². The number of carbonyl (C=O) groups is 1. The maximum absolute atomic E-state index is 11.8. The summed E-state index contributed by atoms with van der Waals surface area (Å²) in [5.74, 6) is 0. The molecule has 3 rings (SSSR count). The molecule has 1 N–H and O–H groups in total. The molecule has 0 aromatic heterocycles. The second-order valence-corrected chi connectivity index (χ2v) is 5.48. The summed E-state index contributed by atoms with van der Waals surface area (Å²) in [5.41, 5.74) is 0.476. The van der Waals surface area contributed by atoms with Crippen LogP contribution in [0.25, 0.3) is 0 Å². The molecule has 2 aromatic rings. The van der Waals surface area contributed by atoms with Gasteiger partial charge in [0.25, 0.3) is 5.69 Å². The van der Waals surface area contributed by atoms with Crippen LogP contribution in [-0.4, -0.2) is 11.0 Å². The quantitative estimate of drug-likeness (QED) is 0.668. The van der Waals surface area contributed by atoms with Crippen LogP contribution in [0.5, 0.6) is 0 Å². The number of rotatable bonds is 2. The number of hydrogen-bond donors (Lipinski definition) is 1. The smallest absolute Gasteiger partial charge is 0.412 e. The van der Waals surface area contributed by atoms with E-state index in [1.54, 1.807) is 31.2 Å². The van der Waals surface area contributed by atoms with Gasteiger partial charge in [-0.3, -0.25) is 15.4 Å². The molecular weight excluding hydrogens is 308 g/mol. The zero-order chi connectivity index (χ0) is 15.9. The summed E-state index contributed by atoms with van der Waals surface area (Å²) in [6, 6.07) is 11.1. The topological polar surface area (TPSA) is 81.5 Å². The minimum absolute atomic E-state index is 0.0707. The third kappa shape index (κ3) is 2.27. The lowest BCUT2D eigenvalue weighted by atomic mass is 9.85. The number of fused-ring (bicyclic) bond motifs is 1. The normalized spacial score (nSPS) is 19.8. The first kappa shape index (κ1) is 14.3. The van der Waals surface area contributed by atoms with Crippen molar-refractivity contribution in [3.63, 3.8) is 0 Å². The molecule has 0 aliphatic carbocycles. The van der Waals surface area contributed by atoms with Gasteiger partial charge >= 0.3 is 6.09 Å². The molecule has 112 valence electrons. The van der Waals surface area contributed by atoms with E-state index in [0.29, 0.717) is 21.8 Å². The van der Waals surface area contributed by atoms with Crippen LogP contribution in [0.1, 0.15) is 18.1 Å². The standard InChI is InChI=1S/C15H11ClN2O4/c1-15(9-2-4-10(16)5-3-9)12-8-11(18(20)21)6-7-13(12)17-14(19)22-15/h2-8H,1H3,(H,17,19). The molecule has 0 saturated carbocycles. The summed E-state index contributed by atoms with van der Waals surface area (Å²) in [5, 5.41) is 14.1. The minimum Gasteiger partial charge on any atom is -0.433 e. The van der Waals surface area contributed by atoms with E-state index >= 15 is 0 Å². The fourth-order valence-electron chi connectivity index (χ4n) is 2.51. The first-order valence-corrected chi connectivity index (χ1v) is 6.83. The number of nitro benzene ring substituents is 1. The van der Waals surface area contributed by atoms with Gasteiger partial charge in [0, 0.05) is 28.3 Å². The molecule has 22 heavy (non-hydrogen) atoms. The van der Waals surface area contributed by atoms with E-state index < -0.39 is 16.6 Å². The lowest BCUT2D eigenvalue weighted by Crippen LogP contribution is -2.38. The average Bonchev–Trinajstić information content (AvgIpc) is 2.47. The van der Waals surface area contributed by atoms with E-state index in [0.717, 1.165) is 0 Å². The van der Waals surface area contributed by atoms with Crippen molar-refractivity contribution in [2.24, 2.45) is 0 Å². The van der Waals surface area contributed by atoms with Gasteiger partial charge in [0.05, 0.1) is 10.6 Å². The molecule has 0 bridgehead atoms. The van der Waals surface area contributed by atoms with E-state index in [2.05, 4.69) is 5.32 Å². The molecule has 1 heterocycles. The van der Waals surface area contributed by atoms with Crippen molar-refractivity contribution in [3.05, 3.63) is 68.7 Å². The Kier molecular flexibility index (Phi) is 3.26. The molecule has 2 aromatic carbocycles. The van der Waals surface area contributed by atoms with Crippen molar-refractivity contribution in [2.75, 3.05) is 5.32 Å². The molecule has 0 spiro atoms. The van der Waals surface area contributed by atoms with Crippen LogP contribution < -0.4 is 5.32 Å². The van der Waals surface area contributed by atoms with E-state index in [9.17, 15) is 14.9 Å². The number of ether oxygens (including phenoxy) is 1. The van der Waals surface area contributed by atoms with Gasteiger partial charge in [0.2, 0.25) is 0 Å². The lowest BCUT2D eigenvalue weighted by Gasteiger charge is -2.35. The van der Waals surface area contributed by atoms with E-state index in [1.807, 2.05) is 0 Å². The van der Waals surface area contributed by atoms with Crippen LogP contribution in [0.3, 0.4) is 0 Å². The number of non-ortho nitro benzene ring substituents is 1. The molecule has 6 nitrogen and oxygen atoms in total. The van der Waals surface area contributed by atoms with Crippen molar-refractivity contribution in [1.29, 1.82) is 0 Å². The predicted molar refractivity (Wildman–Crippen MR) is 81.1 cm³/mol. The summed E-state index contributed by atoms with van der Waals surface area (Å²) < 4.78 is 5.45. The highest BCUT2D eigenvalue weighted by Gasteiger charge is 2.40. The van der Waals surface area contributed by atoms with Crippen LogP contribution in [0.2, 0.25) is 5.02 Å². The first-order chi connectivity index (χ1) is 10.4. The maximum atomic E-state index is 11.8. The van der Waals surface area contributed by atoms with E-state index in [4.69, 9.17) is 16.3 Å². The second kappa shape index (κ2) is 4.99. The minimum atomic E-state index is -1.13. The number of nitro groups is 1. The fraction of sp³-hybridized carbons (Fsp3) is 0.133. The third-order valence-corrected chi connectivity index (χ3v) is 3.91. The Morgan fingerprint density at radius 2 is 1.91 bits per heavy atom. The highest BCUT2D eigenvalue weighted by molar-refractivity contribution is 6.30. The molecule has 1 unspecified atom stereocenters. The Morgan fingerprint density at radius 3 is 2.55 bits per heavy atom. The highest BCUT2D eigenvalue weighted by Crippen LogP contribution is 2.42. The van der Waals surface area contributed by atoms with Crippen molar-refractivity contribution < 1.29 is 14.5 Å². The number of nitrogens with one attached hydrogen (secondary N) is 1. The molecule has 7 heteroatoms. The Morgan fingerprint density at radius 1 is 1.23 bits per heavy atom. The molecule has 0 fully saturated rings. The molecule has 1 atom stereocenters. The van der Waals surface area contributed by atoms with Gasteiger partial charge < -0.3 is 4.74 Å². The fourth-order valence-corrected chi connectivity index (χ4v) is 2.63. The number of amides is 1. The monoisotopic (exact) mass is 318 g/mol. The number of nitrogens with zero attached hydrogens (tertiary/aromatic N) is 1. The van der Waals surface area contributed by atoms with Gasteiger partial charge in [-0.15, -0.1) is 0 Å². The van der Waals surface area contributed by atoms with Gasteiger partial charge in [-0.2, -0.15) is 0 Å². The Balaban J connectivity index is 2.20. The largest absolute Gasteiger partial charge is 0.433 e. The Bertz CT molecular complexity index is 776. The molecule has 0 saturated heterocycles.